The summed E-state index contributed by atoms with van der Waals surface area (Å²) in [6.45, 7) is 0. The predicted molar refractivity (Wildman–Crippen MR) is 101 cm³/mol. The third kappa shape index (κ3) is 5.20. The lowest BCUT2D eigenvalue weighted by atomic mass is 10.00. The van der Waals surface area contributed by atoms with Crippen LogP contribution in [0.3, 0.4) is 0 Å². The third-order valence-electron chi connectivity index (χ3n) is 4.32. The molecular formula is C22H15F6NO. The largest absolute Gasteiger partial charge is 0.416 e. The Bertz CT molecular complexity index is 1060. The van der Waals surface area contributed by atoms with Crippen molar-refractivity contribution in [3.8, 4) is 0 Å². The topological polar surface area (TPSA) is 29.1 Å². The minimum Gasteiger partial charge on any atom is -0.355 e. The van der Waals surface area contributed by atoms with Gasteiger partial charge in [-0.25, -0.2) is 0 Å². The lowest BCUT2D eigenvalue weighted by molar-refractivity contribution is -0.138. The van der Waals surface area contributed by atoms with Crippen LogP contribution in [0.25, 0.3) is 0 Å². The van der Waals surface area contributed by atoms with Crippen molar-refractivity contribution in [1.82, 2.24) is 0 Å². The number of anilines is 2. The standard InChI is InChI=1S/C22H15F6NO/c23-21(24,25)15-6-3-5-14(11-15)12-20(30)18-9-1-2-10-19(18)29-17-8-4-7-16(13-17)22(26,27)28/h1-11,13,29H,12H2. The molecular weight excluding hydrogens is 408 g/mol. The van der Waals surface area contributed by atoms with Crippen molar-refractivity contribution in [2.24, 2.45) is 0 Å². The molecule has 0 unspecified atom stereocenters. The highest BCUT2D eigenvalue weighted by molar-refractivity contribution is 6.03. The second kappa shape index (κ2) is 8.22. The van der Waals surface area contributed by atoms with Gasteiger partial charge in [-0.15, -0.1) is 0 Å². The highest BCUT2D eigenvalue weighted by atomic mass is 19.4. The van der Waals surface area contributed by atoms with Gasteiger partial charge in [0.2, 0.25) is 0 Å². The first-order valence-corrected chi connectivity index (χ1v) is 8.77. The number of hydrogen-bond donors (Lipinski definition) is 1. The van der Waals surface area contributed by atoms with Crippen LogP contribution in [0.1, 0.15) is 27.0 Å². The van der Waals surface area contributed by atoms with Gasteiger partial charge in [0.15, 0.2) is 5.78 Å². The lowest BCUT2D eigenvalue weighted by Gasteiger charge is -2.14. The van der Waals surface area contributed by atoms with E-state index in [1.54, 1.807) is 12.1 Å². The van der Waals surface area contributed by atoms with Crippen LogP contribution in [0.2, 0.25) is 0 Å². The maximum Gasteiger partial charge on any atom is 0.416 e. The van der Waals surface area contributed by atoms with Gasteiger partial charge in [0.05, 0.1) is 11.1 Å². The maximum atomic E-state index is 12.9. The van der Waals surface area contributed by atoms with E-state index in [1.807, 2.05) is 0 Å². The Kier molecular flexibility index (Phi) is 5.87. The van der Waals surface area contributed by atoms with Crippen molar-refractivity contribution in [2.45, 2.75) is 18.8 Å². The number of Topliss-reactive ketones (excluding diaryl/α,β-unsaturated/α-hetero) is 1. The van der Waals surface area contributed by atoms with Gasteiger partial charge in [-0.1, -0.05) is 36.4 Å². The van der Waals surface area contributed by atoms with E-state index < -0.39 is 29.3 Å². The van der Waals surface area contributed by atoms with Crippen LogP contribution >= 0.6 is 0 Å². The zero-order valence-electron chi connectivity index (χ0n) is 15.3. The molecule has 8 heteroatoms. The summed E-state index contributed by atoms with van der Waals surface area (Å²) < 4.78 is 77.4. The summed E-state index contributed by atoms with van der Waals surface area (Å²) >= 11 is 0. The molecule has 0 fully saturated rings. The molecule has 0 saturated carbocycles. The van der Waals surface area contributed by atoms with Crippen LogP contribution in [0.4, 0.5) is 37.7 Å². The van der Waals surface area contributed by atoms with Crippen molar-refractivity contribution in [3.05, 3.63) is 95.1 Å². The molecule has 0 radical (unpaired) electrons. The van der Waals surface area contributed by atoms with Gasteiger partial charge < -0.3 is 5.32 Å². The lowest BCUT2D eigenvalue weighted by Crippen LogP contribution is -2.10. The number of nitrogens with one attached hydrogen (secondary N) is 1. The first-order valence-electron chi connectivity index (χ1n) is 8.77. The first kappa shape index (κ1) is 21.4. The van der Waals surface area contributed by atoms with E-state index in [0.29, 0.717) is 0 Å². The molecule has 0 bridgehead atoms. The van der Waals surface area contributed by atoms with Crippen molar-refractivity contribution in [1.29, 1.82) is 0 Å². The molecule has 0 aliphatic rings. The fraction of sp³-hybridized carbons (Fsp3) is 0.136. The first-order chi connectivity index (χ1) is 14.0. The van der Waals surface area contributed by atoms with Crippen LogP contribution < -0.4 is 5.32 Å². The Hall–Kier alpha value is -3.29. The molecule has 0 heterocycles. The third-order valence-corrected chi connectivity index (χ3v) is 4.32. The molecule has 156 valence electrons. The Morgan fingerprint density at radius 1 is 0.733 bits per heavy atom. The van der Waals surface area contributed by atoms with Crippen molar-refractivity contribution in [2.75, 3.05) is 5.32 Å². The summed E-state index contributed by atoms with van der Waals surface area (Å²) in [5.74, 6) is -0.468. The molecule has 2 nitrogen and oxygen atoms in total. The molecule has 0 amide bonds. The summed E-state index contributed by atoms with van der Waals surface area (Å²) in [6.07, 6.45) is -9.33. The van der Waals surface area contributed by atoms with Gasteiger partial charge in [0, 0.05) is 23.4 Å². The predicted octanol–water partition coefficient (Wildman–Crippen LogP) is 6.89. The molecule has 0 saturated heterocycles. The van der Waals surface area contributed by atoms with Crippen molar-refractivity contribution >= 4 is 17.2 Å². The summed E-state index contributed by atoms with van der Waals surface area (Å²) in [4.78, 5) is 12.7. The van der Waals surface area contributed by atoms with Crippen LogP contribution in [-0.2, 0) is 18.8 Å². The average molecular weight is 423 g/mol. The van der Waals surface area contributed by atoms with Gasteiger partial charge >= 0.3 is 12.4 Å². The minimum atomic E-state index is -4.53. The number of ketones is 1. The van der Waals surface area contributed by atoms with Crippen LogP contribution in [0.5, 0.6) is 0 Å². The maximum absolute atomic E-state index is 12.9. The van der Waals surface area contributed by atoms with E-state index in [1.165, 1.54) is 36.4 Å². The van der Waals surface area contributed by atoms with Crippen molar-refractivity contribution in [3.63, 3.8) is 0 Å². The number of rotatable bonds is 5. The summed E-state index contributed by atoms with van der Waals surface area (Å²) in [6, 6.07) is 15.1. The Morgan fingerprint density at radius 3 is 2.00 bits per heavy atom. The van der Waals surface area contributed by atoms with E-state index in [0.717, 1.165) is 24.3 Å². The summed E-state index contributed by atoms with van der Waals surface area (Å²) in [5.41, 5.74) is -0.975. The smallest absolute Gasteiger partial charge is 0.355 e. The highest BCUT2D eigenvalue weighted by Crippen LogP contribution is 2.32. The fourth-order valence-electron chi connectivity index (χ4n) is 2.90. The van der Waals surface area contributed by atoms with Gasteiger partial charge in [0.1, 0.15) is 0 Å². The summed E-state index contributed by atoms with van der Waals surface area (Å²) in [7, 11) is 0. The van der Waals surface area contributed by atoms with E-state index in [2.05, 4.69) is 5.32 Å². The van der Waals surface area contributed by atoms with E-state index >= 15 is 0 Å². The Morgan fingerprint density at radius 2 is 1.33 bits per heavy atom. The van der Waals surface area contributed by atoms with Crippen LogP contribution in [0, 0.1) is 0 Å². The molecule has 3 aromatic carbocycles. The highest BCUT2D eigenvalue weighted by Gasteiger charge is 2.31. The zero-order valence-corrected chi connectivity index (χ0v) is 15.3. The fourth-order valence-corrected chi connectivity index (χ4v) is 2.90. The quantitative estimate of drug-likeness (QED) is 0.358. The normalized spacial score (nSPS) is 11.9. The number of carbonyl (C=O) groups excluding carboxylic acids is 1. The monoisotopic (exact) mass is 423 g/mol. The SMILES string of the molecule is O=C(Cc1cccc(C(F)(F)F)c1)c1ccccc1Nc1cccc(C(F)(F)F)c1. The molecule has 3 rings (SSSR count). The number of para-hydroxylation sites is 1. The Labute approximate surface area is 168 Å². The number of carbonyl (C=O) groups is 1. The molecule has 0 atom stereocenters. The van der Waals surface area contributed by atoms with E-state index in [-0.39, 0.29) is 28.9 Å². The summed E-state index contributed by atoms with van der Waals surface area (Å²) in [5, 5.41) is 2.79. The molecule has 3 aromatic rings. The van der Waals surface area contributed by atoms with E-state index in [4.69, 9.17) is 0 Å². The number of alkyl halides is 6. The number of hydrogen-bond acceptors (Lipinski definition) is 2. The second-order valence-electron chi connectivity index (χ2n) is 6.55. The van der Waals surface area contributed by atoms with Gasteiger partial charge in [-0.3, -0.25) is 4.79 Å². The van der Waals surface area contributed by atoms with E-state index in [9.17, 15) is 31.1 Å². The van der Waals surface area contributed by atoms with Gasteiger partial charge in [-0.2, -0.15) is 26.3 Å². The average Bonchev–Trinajstić information content (AvgIpc) is 2.67. The molecule has 0 aromatic heterocycles. The number of halogens is 6. The molecule has 0 aliphatic heterocycles. The molecule has 0 aliphatic carbocycles. The molecule has 1 N–H and O–H groups in total. The van der Waals surface area contributed by atoms with Crippen LogP contribution in [-0.4, -0.2) is 5.78 Å². The zero-order chi connectivity index (χ0) is 21.9. The minimum absolute atomic E-state index is 0.129. The van der Waals surface area contributed by atoms with Gasteiger partial charge in [-0.05, 0) is 42.0 Å². The van der Waals surface area contributed by atoms with Gasteiger partial charge in [0.25, 0.3) is 0 Å². The molecule has 30 heavy (non-hydrogen) atoms. The second-order valence-corrected chi connectivity index (χ2v) is 6.55. The van der Waals surface area contributed by atoms with Crippen LogP contribution in [0.15, 0.2) is 72.8 Å². The molecule has 0 spiro atoms. The Balaban J connectivity index is 1.85. The number of benzene rings is 3. The van der Waals surface area contributed by atoms with Crippen molar-refractivity contribution < 1.29 is 31.1 Å².